The predicted octanol–water partition coefficient (Wildman–Crippen LogP) is 5.17. The van der Waals surface area contributed by atoms with Crippen LogP contribution in [0.3, 0.4) is 0 Å². The van der Waals surface area contributed by atoms with Crippen molar-refractivity contribution in [1.29, 1.82) is 0 Å². The van der Waals surface area contributed by atoms with E-state index in [1.807, 2.05) is 12.1 Å². The first-order valence-electron chi connectivity index (χ1n) is 11.2. The molecule has 1 heterocycles. The highest BCUT2D eigenvalue weighted by Crippen LogP contribution is 2.42. The lowest BCUT2D eigenvalue weighted by atomic mass is 9.88. The van der Waals surface area contributed by atoms with Crippen molar-refractivity contribution in [3.8, 4) is 11.5 Å². The lowest BCUT2D eigenvalue weighted by molar-refractivity contribution is 0.291. The standard InChI is InChI=1S/C26H33NO4/c1-7-10-13-30-25-20(23(28)24(25)29)14-17-15-22(26(4,5)6)31-21-16-18(11-12-19(17)21)27(8-2)9-3/h11-12,14-16H,7-10,13H2,1-6H3/b17-14+. The maximum absolute atomic E-state index is 12.3. The van der Waals surface area contributed by atoms with Crippen LogP contribution in [-0.4, -0.2) is 19.7 Å². The van der Waals surface area contributed by atoms with E-state index >= 15 is 0 Å². The molecular formula is C26H33NO4. The lowest BCUT2D eigenvalue weighted by Crippen LogP contribution is -2.35. The number of anilines is 1. The predicted molar refractivity (Wildman–Crippen MR) is 128 cm³/mol. The molecule has 0 radical (unpaired) electrons. The summed E-state index contributed by atoms with van der Waals surface area (Å²) in [6.07, 6.45) is 5.54. The summed E-state index contributed by atoms with van der Waals surface area (Å²) in [6.45, 7) is 14.8. The smallest absolute Gasteiger partial charge is 0.268 e. The first-order chi connectivity index (χ1) is 14.7. The minimum Gasteiger partial charge on any atom is -0.489 e. The molecule has 166 valence electrons. The Morgan fingerprint density at radius 1 is 1.06 bits per heavy atom. The summed E-state index contributed by atoms with van der Waals surface area (Å²) >= 11 is 0. The molecule has 2 aromatic carbocycles. The molecule has 0 atom stereocenters. The van der Waals surface area contributed by atoms with Crippen LogP contribution in [0.25, 0.3) is 11.6 Å². The molecule has 5 heteroatoms. The second-order valence-corrected chi connectivity index (χ2v) is 8.92. The van der Waals surface area contributed by atoms with Crippen LogP contribution < -0.4 is 25.2 Å². The number of allylic oxidation sites excluding steroid dienone is 3. The Kier molecular flexibility index (Phi) is 6.73. The van der Waals surface area contributed by atoms with Gasteiger partial charge < -0.3 is 14.4 Å². The van der Waals surface area contributed by atoms with Crippen LogP contribution in [0.15, 0.2) is 39.6 Å². The molecule has 5 nitrogen and oxygen atoms in total. The van der Waals surface area contributed by atoms with Crippen molar-refractivity contribution < 1.29 is 9.47 Å². The Bertz CT molecular complexity index is 1070. The molecule has 3 rings (SSSR count). The Morgan fingerprint density at radius 3 is 2.39 bits per heavy atom. The maximum Gasteiger partial charge on any atom is 0.268 e. The summed E-state index contributed by atoms with van der Waals surface area (Å²) in [5.74, 6) is 1.76. The van der Waals surface area contributed by atoms with Gasteiger partial charge in [-0.1, -0.05) is 34.1 Å². The average molecular weight is 424 g/mol. The van der Waals surface area contributed by atoms with Gasteiger partial charge in [0.25, 0.3) is 5.43 Å². The maximum atomic E-state index is 12.3. The zero-order valence-electron chi connectivity index (χ0n) is 19.5. The van der Waals surface area contributed by atoms with Crippen molar-refractivity contribution in [2.45, 2.75) is 54.4 Å². The third-order valence-corrected chi connectivity index (χ3v) is 5.60. The van der Waals surface area contributed by atoms with Gasteiger partial charge in [0.1, 0.15) is 11.5 Å². The lowest BCUT2D eigenvalue weighted by Gasteiger charge is -2.30. The van der Waals surface area contributed by atoms with Gasteiger partial charge in [0.15, 0.2) is 5.75 Å². The van der Waals surface area contributed by atoms with Crippen molar-refractivity contribution in [1.82, 2.24) is 0 Å². The van der Waals surface area contributed by atoms with Crippen molar-refractivity contribution in [3.63, 3.8) is 0 Å². The summed E-state index contributed by atoms with van der Waals surface area (Å²) in [5.41, 5.74) is 1.96. The minimum absolute atomic E-state index is 0.185. The van der Waals surface area contributed by atoms with E-state index in [1.165, 1.54) is 0 Å². The number of benzene rings is 1. The van der Waals surface area contributed by atoms with E-state index in [0.717, 1.165) is 54.3 Å². The number of unbranched alkanes of at least 4 members (excludes halogenated alkanes) is 1. The highest BCUT2D eigenvalue weighted by Gasteiger charge is 2.28. The monoisotopic (exact) mass is 423 g/mol. The van der Waals surface area contributed by atoms with Gasteiger partial charge in [0, 0.05) is 35.8 Å². The number of rotatable bonds is 8. The van der Waals surface area contributed by atoms with Gasteiger partial charge >= 0.3 is 0 Å². The van der Waals surface area contributed by atoms with Crippen LogP contribution in [0.4, 0.5) is 5.69 Å². The molecular weight excluding hydrogens is 390 g/mol. The van der Waals surface area contributed by atoms with Gasteiger partial charge in [-0.25, -0.2) is 0 Å². The minimum atomic E-state index is -0.535. The molecule has 0 saturated heterocycles. The fourth-order valence-corrected chi connectivity index (χ4v) is 3.61. The van der Waals surface area contributed by atoms with Gasteiger partial charge in [-0.2, -0.15) is 0 Å². The summed E-state index contributed by atoms with van der Waals surface area (Å²) < 4.78 is 11.9. The molecule has 0 fully saturated rings. The Balaban J connectivity index is 2.08. The normalized spacial score (nSPS) is 14.9. The molecule has 2 aromatic rings. The number of ether oxygens (including phenoxy) is 2. The summed E-state index contributed by atoms with van der Waals surface area (Å²) in [5, 5.41) is 0. The van der Waals surface area contributed by atoms with Crippen LogP contribution >= 0.6 is 0 Å². The highest BCUT2D eigenvalue weighted by molar-refractivity contribution is 5.93. The molecule has 0 aromatic heterocycles. The van der Waals surface area contributed by atoms with Gasteiger partial charge in [-0.3, -0.25) is 9.59 Å². The second-order valence-electron chi connectivity index (χ2n) is 8.92. The van der Waals surface area contributed by atoms with Crippen LogP contribution in [0.2, 0.25) is 0 Å². The summed E-state index contributed by atoms with van der Waals surface area (Å²) in [6, 6.07) is 6.14. The molecule has 1 aliphatic rings. The van der Waals surface area contributed by atoms with E-state index in [0.29, 0.717) is 12.2 Å². The third kappa shape index (κ3) is 4.60. The van der Waals surface area contributed by atoms with E-state index in [2.05, 4.69) is 58.6 Å². The van der Waals surface area contributed by atoms with E-state index in [9.17, 15) is 9.59 Å². The zero-order valence-corrected chi connectivity index (χ0v) is 19.5. The van der Waals surface area contributed by atoms with E-state index in [4.69, 9.17) is 9.47 Å². The molecule has 0 spiro atoms. The number of fused-ring (bicyclic) bond motifs is 1. The largest absolute Gasteiger partial charge is 0.489 e. The fraction of sp³-hybridized carbons (Fsp3) is 0.462. The number of hydrogen-bond acceptors (Lipinski definition) is 5. The molecule has 0 saturated carbocycles. The van der Waals surface area contributed by atoms with Crippen LogP contribution in [0, 0.1) is 5.41 Å². The molecule has 0 aliphatic carbocycles. The van der Waals surface area contributed by atoms with Crippen molar-refractivity contribution in [2.75, 3.05) is 24.6 Å². The third-order valence-electron chi connectivity index (χ3n) is 5.60. The Hall–Kier alpha value is -2.82. The molecule has 0 unspecified atom stereocenters. The summed E-state index contributed by atoms with van der Waals surface area (Å²) in [4.78, 5) is 26.6. The zero-order chi connectivity index (χ0) is 22.8. The first-order valence-corrected chi connectivity index (χ1v) is 11.2. The quantitative estimate of drug-likeness (QED) is 0.433. The van der Waals surface area contributed by atoms with E-state index in [-0.39, 0.29) is 11.2 Å². The fourth-order valence-electron chi connectivity index (χ4n) is 3.61. The topological polar surface area (TPSA) is 55.8 Å². The van der Waals surface area contributed by atoms with Gasteiger partial charge in [-0.05, 0) is 50.1 Å². The van der Waals surface area contributed by atoms with Crippen molar-refractivity contribution in [3.05, 3.63) is 61.6 Å². The van der Waals surface area contributed by atoms with Crippen LogP contribution in [0.1, 0.15) is 65.5 Å². The average Bonchev–Trinajstić information content (AvgIpc) is 2.75. The van der Waals surface area contributed by atoms with Gasteiger partial charge in [0.05, 0.1) is 12.2 Å². The molecule has 1 aliphatic heterocycles. The van der Waals surface area contributed by atoms with Gasteiger partial charge in [-0.15, -0.1) is 0 Å². The van der Waals surface area contributed by atoms with E-state index < -0.39 is 10.9 Å². The van der Waals surface area contributed by atoms with Crippen molar-refractivity contribution in [2.24, 2.45) is 5.41 Å². The Labute approximate surface area is 184 Å². The molecule has 0 N–H and O–H groups in total. The summed E-state index contributed by atoms with van der Waals surface area (Å²) in [7, 11) is 0. The number of nitrogens with zero attached hydrogens (tertiary/aromatic N) is 1. The van der Waals surface area contributed by atoms with Crippen LogP contribution in [-0.2, 0) is 0 Å². The van der Waals surface area contributed by atoms with Crippen LogP contribution in [0.5, 0.6) is 11.5 Å². The SMILES string of the molecule is CCCCOc1c(/C=C2\C=C(C(C)(C)C)Oc3cc(N(CC)CC)ccc32)c(=O)c1=O. The van der Waals surface area contributed by atoms with Crippen molar-refractivity contribution >= 4 is 17.3 Å². The second kappa shape index (κ2) is 9.13. The highest BCUT2D eigenvalue weighted by atomic mass is 16.5. The van der Waals surface area contributed by atoms with Gasteiger partial charge in [0.2, 0.25) is 5.43 Å². The molecule has 31 heavy (non-hydrogen) atoms. The number of hydrogen-bond donors (Lipinski definition) is 0. The first kappa shape index (κ1) is 22.9. The Morgan fingerprint density at radius 2 is 1.77 bits per heavy atom. The van der Waals surface area contributed by atoms with E-state index in [1.54, 1.807) is 6.08 Å². The molecule has 0 amide bonds. The molecule has 0 bridgehead atoms.